The highest BCUT2D eigenvalue weighted by atomic mass is 14.7. The quantitative estimate of drug-likeness (QED) is 0.258. The molecule has 0 nitrogen and oxygen atoms in total. The van der Waals surface area contributed by atoms with E-state index < -0.39 is 0 Å². The molecule has 0 radical (unpaired) electrons. The molecule has 0 amide bonds. The molecule has 7 fully saturated rings. The summed E-state index contributed by atoms with van der Waals surface area (Å²) in [7, 11) is 0. The van der Waals surface area contributed by atoms with Crippen molar-refractivity contribution in [3.63, 3.8) is 0 Å². The lowest BCUT2D eigenvalue weighted by atomic mass is 9.38. The van der Waals surface area contributed by atoms with Crippen LogP contribution in [0, 0.1) is 87.8 Å². The van der Waals surface area contributed by atoms with Gasteiger partial charge in [-0.2, -0.15) is 0 Å². The molecule has 0 aromatic carbocycles. The summed E-state index contributed by atoms with van der Waals surface area (Å²) in [6, 6.07) is 0. The molecule has 0 saturated heterocycles. The van der Waals surface area contributed by atoms with Gasteiger partial charge in [-0.3, -0.25) is 0 Å². The van der Waals surface area contributed by atoms with Gasteiger partial charge >= 0.3 is 0 Å². The number of fused-ring (bicyclic) bond motifs is 4. The highest BCUT2D eigenvalue weighted by molar-refractivity contribution is 5.16. The summed E-state index contributed by atoms with van der Waals surface area (Å²) in [5, 5.41) is 0. The molecule has 0 aromatic rings. The van der Waals surface area contributed by atoms with Gasteiger partial charge in [-0.1, -0.05) is 73.1 Å². The fourth-order valence-corrected chi connectivity index (χ4v) is 13.5. The molecule has 8 unspecified atom stereocenters. The first-order chi connectivity index (χ1) is 17.9. The minimum atomic E-state index is 0.850. The first-order valence-corrected chi connectivity index (χ1v) is 17.9. The molecule has 7 aliphatic rings. The fourth-order valence-electron chi connectivity index (χ4n) is 13.5. The van der Waals surface area contributed by atoms with E-state index in [1.807, 2.05) is 0 Å². The third-order valence-corrected chi connectivity index (χ3v) is 15.2. The summed E-state index contributed by atoms with van der Waals surface area (Å²) in [6.45, 7) is 12.4. The summed E-state index contributed by atoms with van der Waals surface area (Å²) in [6.07, 6.45) is 26.8. The molecule has 0 heterocycles. The van der Waals surface area contributed by atoms with Gasteiger partial charge in [0.2, 0.25) is 0 Å². The van der Waals surface area contributed by atoms with Crippen molar-refractivity contribution in [2.45, 2.75) is 144 Å². The van der Waals surface area contributed by atoms with Gasteiger partial charge < -0.3 is 0 Å². The second-order valence-corrected chi connectivity index (χ2v) is 17.5. The van der Waals surface area contributed by atoms with E-state index in [4.69, 9.17) is 0 Å². The lowest BCUT2D eigenvalue weighted by Crippen LogP contribution is -2.57. The van der Waals surface area contributed by atoms with Gasteiger partial charge in [0.15, 0.2) is 0 Å². The van der Waals surface area contributed by atoms with Crippen molar-refractivity contribution in [2.75, 3.05) is 0 Å². The first-order valence-electron chi connectivity index (χ1n) is 17.9. The number of rotatable bonds is 10. The maximum atomic E-state index is 2.64. The molecule has 7 saturated carbocycles. The lowest BCUT2D eigenvalue weighted by Gasteiger charge is -2.67. The minimum Gasteiger partial charge on any atom is -0.0654 e. The van der Waals surface area contributed by atoms with E-state index in [1.165, 1.54) is 32.1 Å². The van der Waals surface area contributed by atoms with Crippen molar-refractivity contribution < 1.29 is 0 Å². The summed E-state index contributed by atoms with van der Waals surface area (Å²) in [5.74, 6) is 14.4. The molecule has 7 aliphatic carbocycles. The Kier molecular flexibility index (Phi) is 6.68. The molecule has 8 atom stereocenters. The van der Waals surface area contributed by atoms with Gasteiger partial charge in [0.25, 0.3) is 0 Å². The van der Waals surface area contributed by atoms with Gasteiger partial charge in [0.1, 0.15) is 0 Å². The topological polar surface area (TPSA) is 0 Å². The van der Waals surface area contributed by atoms with Crippen molar-refractivity contribution in [1.82, 2.24) is 0 Å². The largest absolute Gasteiger partial charge is 0.0654 e. The van der Waals surface area contributed by atoms with Crippen LogP contribution in [0.2, 0.25) is 0 Å². The molecular weight excluding hydrogens is 444 g/mol. The monoisotopic (exact) mass is 506 g/mol. The maximum absolute atomic E-state index is 2.64. The summed E-state index contributed by atoms with van der Waals surface area (Å²) in [5.41, 5.74) is 1.70. The number of unbranched alkanes of at least 4 members (excludes halogenated alkanes) is 3. The third kappa shape index (κ3) is 4.08. The summed E-state index contributed by atoms with van der Waals surface area (Å²) in [4.78, 5) is 0. The van der Waals surface area contributed by atoms with Crippen LogP contribution in [0.4, 0.5) is 0 Å². The Hall–Kier alpha value is 0. The average Bonchev–Trinajstić information content (AvgIpc) is 3.19. The molecule has 37 heavy (non-hydrogen) atoms. The molecule has 0 N–H and O–H groups in total. The van der Waals surface area contributed by atoms with Crippen molar-refractivity contribution in [3.8, 4) is 0 Å². The predicted octanol–water partition coefficient (Wildman–Crippen LogP) is 10.8. The number of hydrogen-bond donors (Lipinski definition) is 0. The van der Waals surface area contributed by atoms with Crippen LogP contribution >= 0.6 is 0 Å². The van der Waals surface area contributed by atoms with Crippen LogP contribution in [0.1, 0.15) is 144 Å². The summed E-state index contributed by atoms with van der Waals surface area (Å²) >= 11 is 0. The molecule has 0 aromatic heterocycles. The molecule has 7 rings (SSSR count). The average molecular weight is 507 g/mol. The van der Waals surface area contributed by atoms with E-state index in [-0.39, 0.29) is 0 Å². The number of hydrogen-bond acceptors (Lipinski definition) is 0. The molecule has 0 aliphatic heterocycles. The highest BCUT2D eigenvalue weighted by Crippen LogP contribution is 2.75. The van der Waals surface area contributed by atoms with E-state index in [0.29, 0.717) is 0 Å². The Morgan fingerprint density at radius 3 is 1.81 bits per heavy atom. The van der Waals surface area contributed by atoms with Crippen molar-refractivity contribution in [3.05, 3.63) is 0 Å². The van der Waals surface area contributed by atoms with E-state index in [2.05, 4.69) is 34.6 Å². The van der Waals surface area contributed by atoms with E-state index in [9.17, 15) is 0 Å². The predicted molar refractivity (Wildman–Crippen MR) is 157 cm³/mol. The normalized spacial score (nSPS) is 55.3. The van der Waals surface area contributed by atoms with Crippen LogP contribution < -0.4 is 0 Å². The second kappa shape index (κ2) is 9.54. The fraction of sp³-hybridized carbons (Fsp3) is 1.00. The Morgan fingerprint density at radius 1 is 0.595 bits per heavy atom. The van der Waals surface area contributed by atoms with E-state index >= 15 is 0 Å². The van der Waals surface area contributed by atoms with Crippen LogP contribution in [0.15, 0.2) is 0 Å². The smallest absolute Gasteiger partial charge is 0.0287 e. The molecule has 0 heteroatoms. The zero-order valence-electron chi connectivity index (χ0n) is 25.5. The zero-order chi connectivity index (χ0) is 25.5. The third-order valence-electron chi connectivity index (χ3n) is 15.2. The Morgan fingerprint density at radius 2 is 1.19 bits per heavy atom. The van der Waals surface area contributed by atoms with Crippen LogP contribution in [0.3, 0.4) is 0 Å². The lowest BCUT2D eigenvalue weighted by molar-refractivity contribution is -0.165. The van der Waals surface area contributed by atoms with E-state index in [0.717, 1.165) is 87.8 Å². The zero-order valence-corrected chi connectivity index (χ0v) is 25.5. The van der Waals surface area contributed by atoms with Crippen LogP contribution in [0.5, 0.6) is 0 Å². The van der Waals surface area contributed by atoms with E-state index in [1.54, 1.807) is 77.0 Å². The van der Waals surface area contributed by atoms with Crippen LogP contribution in [-0.4, -0.2) is 0 Å². The Labute approximate surface area is 231 Å². The SMILES string of the molecule is CCCCCCC1C(C)CC2C1C1CC(C3CC4(CC(C5CC6(CC(C(C)C)C6)C5)C4)C3)C(CCC)C21. The van der Waals surface area contributed by atoms with Gasteiger partial charge in [-0.25, -0.2) is 0 Å². The molecule has 210 valence electrons. The minimum absolute atomic E-state index is 0.850. The van der Waals surface area contributed by atoms with Crippen LogP contribution in [0.25, 0.3) is 0 Å². The molecule has 2 spiro atoms. The molecular formula is C37H62. The van der Waals surface area contributed by atoms with Gasteiger partial charge in [-0.15, -0.1) is 0 Å². The first kappa shape index (κ1) is 25.9. The van der Waals surface area contributed by atoms with Crippen LogP contribution in [-0.2, 0) is 0 Å². The van der Waals surface area contributed by atoms with Gasteiger partial charge in [0.05, 0.1) is 0 Å². The maximum Gasteiger partial charge on any atom is -0.0287 e. The Bertz CT molecular complexity index is 794. The Balaban J connectivity index is 0.906. The van der Waals surface area contributed by atoms with Gasteiger partial charge in [-0.05, 0) is 158 Å². The molecule has 0 bridgehead atoms. The van der Waals surface area contributed by atoms with Crippen molar-refractivity contribution in [1.29, 1.82) is 0 Å². The summed E-state index contributed by atoms with van der Waals surface area (Å²) < 4.78 is 0. The highest BCUT2D eigenvalue weighted by Gasteiger charge is 2.67. The standard InChI is InChI=1S/C37H62/c1-6-8-9-10-12-29-24(5)13-32-34(29)33-14-31(30(11-7-2)35(32)33)28-21-37(22-28)19-27(20-37)26-17-36(18-26)15-25(16-36)23(3)4/h23-35H,6-22H2,1-5H3. The van der Waals surface area contributed by atoms with Crippen molar-refractivity contribution >= 4 is 0 Å². The van der Waals surface area contributed by atoms with Gasteiger partial charge in [0, 0.05) is 0 Å². The second-order valence-electron chi connectivity index (χ2n) is 17.5. The van der Waals surface area contributed by atoms with Crippen molar-refractivity contribution in [2.24, 2.45) is 87.8 Å².